The summed E-state index contributed by atoms with van der Waals surface area (Å²) in [5, 5.41) is 21.2. The van der Waals surface area contributed by atoms with Crippen molar-refractivity contribution in [2.45, 2.75) is 32.1 Å². The van der Waals surface area contributed by atoms with Crippen LogP contribution in [-0.4, -0.2) is 29.7 Å². The molecule has 0 atom stereocenters. The largest absolute Gasteiger partial charge is 0.508 e. The molecular weight excluding hydrogens is 456 g/mol. The van der Waals surface area contributed by atoms with Gasteiger partial charge in [0.25, 0.3) is 0 Å². The average molecular weight is 485 g/mol. The second kappa shape index (κ2) is 8.67. The number of pyridine rings is 1. The van der Waals surface area contributed by atoms with Crippen LogP contribution in [0.4, 0.5) is 17.1 Å². The molecule has 1 fully saturated rings. The van der Waals surface area contributed by atoms with Gasteiger partial charge in [0, 0.05) is 53.1 Å². The normalized spacial score (nSPS) is 16.2. The van der Waals surface area contributed by atoms with Crippen LogP contribution in [0.25, 0.3) is 28.1 Å². The lowest BCUT2D eigenvalue weighted by molar-refractivity contribution is 0.475. The van der Waals surface area contributed by atoms with Crippen LogP contribution < -0.4 is 9.80 Å². The van der Waals surface area contributed by atoms with E-state index >= 15 is 0 Å². The van der Waals surface area contributed by atoms with Gasteiger partial charge < -0.3 is 14.9 Å². The number of nitrogens with zero attached hydrogens (tertiary/aromatic N) is 4. The number of nitriles is 1. The summed E-state index contributed by atoms with van der Waals surface area (Å²) in [6.45, 7) is 2.78. The highest BCUT2D eigenvalue weighted by Gasteiger charge is 2.27. The molecule has 0 radical (unpaired) electrons. The number of aromatic hydroxyl groups is 1. The van der Waals surface area contributed by atoms with Gasteiger partial charge in [0.15, 0.2) is 0 Å². The number of benzene rings is 3. The Bertz CT molecular complexity index is 1610. The Kier molecular flexibility index (Phi) is 5.14. The number of hydrogen-bond donors (Lipinski definition) is 1. The van der Waals surface area contributed by atoms with Crippen molar-refractivity contribution in [2.24, 2.45) is 0 Å². The van der Waals surface area contributed by atoms with Gasteiger partial charge in [-0.25, -0.2) is 4.98 Å². The van der Waals surface area contributed by atoms with Gasteiger partial charge in [0.1, 0.15) is 11.8 Å². The van der Waals surface area contributed by atoms with Crippen molar-refractivity contribution in [2.75, 3.05) is 29.4 Å². The quantitative estimate of drug-likeness (QED) is 0.342. The minimum atomic E-state index is 0.262. The highest BCUT2D eigenvalue weighted by molar-refractivity contribution is 6.01. The number of rotatable bonds is 2. The first-order valence-corrected chi connectivity index (χ1v) is 13.2. The summed E-state index contributed by atoms with van der Waals surface area (Å²) >= 11 is 0. The molecule has 4 aromatic rings. The zero-order chi connectivity index (χ0) is 24.9. The Hall–Kier alpha value is -4.30. The molecule has 0 unspecified atom stereocenters. The summed E-state index contributed by atoms with van der Waals surface area (Å²) in [7, 11) is 0. The first-order valence-electron chi connectivity index (χ1n) is 13.2. The minimum absolute atomic E-state index is 0.262. The SMILES string of the molecule is N#Cc1c(N2CCCCC2)ccc2c1-c1cc3ccc4c(c3nc1CC2)N(c1ccc(O)cc1)CC=C4. The lowest BCUT2D eigenvalue weighted by atomic mass is 9.83. The molecule has 1 saturated heterocycles. The third-order valence-electron chi connectivity index (χ3n) is 8.07. The maximum absolute atomic E-state index is 10.4. The second-order valence-corrected chi connectivity index (χ2v) is 10.2. The minimum Gasteiger partial charge on any atom is -0.508 e. The summed E-state index contributed by atoms with van der Waals surface area (Å²) in [5.74, 6) is 0.262. The summed E-state index contributed by atoms with van der Waals surface area (Å²) in [6.07, 6.45) is 9.72. The van der Waals surface area contributed by atoms with Gasteiger partial charge in [-0.2, -0.15) is 5.26 Å². The Morgan fingerprint density at radius 2 is 1.76 bits per heavy atom. The molecule has 3 aromatic carbocycles. The Morgan fingerprint density at radius 3 is 2.57 bits per heavy atom. The number of phenols is 1. The molecule has 0 amide bonds. The van der Waals surface area contributed by atoms with Gasteiger partial charge in [0.2, 0.25) is 0 Å². The molecular formula is C32H28N4O. The number of phenolic OH excluding ortho intramolecular Hbond substituents is 1. The number of aromatic nitrogens is 1. The van der Waals surface area contributed by atoms with Crippen molar-refractivity contribution < 1.29 is 5.11 Å². The molecule has 1 N–H and O–H groups in total. The zero-order valence-electron chi connectivity index (χ0n) is 20.7. The average Bonchev–Trinajstić information content (AvgIpc) is 2.96. The molecule has 2 aliphatic heterocycles. The summed E-state index contributed by atoms with van der Waals surface area (Å²) in [4.78, 5) is 9.95. The highest BCUT2D eigenvalue weighted by atomic mass is 16.3. The van der Waals surface area contributed by atoms with Gasteiger partial charge in [-0.05, 0) is 74.1 Å². The Balaban J connectivity index is 1.41. The lowest BCUT2D eigenvalue weighted by Crippen LogP contribution is -2.30. The molecule has 1 aliphatic carbocycles. The van der Waals surface area contributed by atoms with Crippen LogP contribution in [0.5, 0.6) is 5.75 Å². The molecule has 3 heterocycles. The van der Waals surface area contributed by atoms with Crippen molar-refractivity contribution in [3.63, 3.8) is 0 Å². The molecule has 0 saturated carbocycles. The number of aryl methyl sites for hydroxylation is 2. The molecule has 37 heavy (non-hydrogen) atoms. The topological polar surface area (TPSA) is 63.4 Å². The maximum atomic E-state index is 10.4. The summed E-state index contributed by atoms with van der Waals surface area (Å²) < 4.78 is 0. The molecule has 3 aliphatic rings. The third kappa shape index (κ3) is 3.55. The Labute approximate surface area is 216 Å². The molecule has 182 valence electrons. The first kappa shape index (κ1) is 21.9. The fourth-order valence-corrected chi connectivity index (χ4v) is 6.26. The molecule has 7 rings (SSSR count). The van der Waals surface area contributed by atoms with E-state index in [9.17, 15) is 10.4 Å². The third-order valence-corrected chi connectivity index (χ3v) is 8.07. The lowest BCUT2D eigenvalue weighted by Gasteiger charge is -2.32. The van der Waals surface area contributed by atoms with E-state index < -0.39 is 0 Å². The van der Waals surface area contributed by atoms with Gasteiger partial charge in [0.05, 0.1) is 22.5 Å². The smallest absolute Gasteiger partial charge is 0.115 e. The van der Waals surface area contributed by atoms with E-state index in [1.165, 1.54) is 24.8 Å². The van der Waals surface area contributed by atoms with Crippen LogP contribution in [0.1, 0.15) is 41.6 Å². The second-order valence-electron chi connectivity index (χ2n) is 10.2. The summed E-state index contributed by atoms with van der Waals surface area (Å²) in [6, 6.07) is 20.9. The van der Waals surface area contributed by atoms with Crippen LogP contribution in [-0.2, 0) is 12.8 Å². The fraction of sp³-hybridized carbons (Fsp3) is 0.250. The molecule has 0 bridgehead atoms. The van der Waals surface area contributed by atoms with E-state index in [0.717, 1.165) is 88.4 Å². The predicted molar refractivity (Wildman–Crippen MR) is 150 cm³/mol. The summed E-state index contributed by atoms with van der Waals surface area (Å²) in [5.41, 5.74) is 10.6. The monoisotopic (exact) mass is 484 g/mol. The van der Waals surface area contributed by atoms with Crippen molar-refractivity contribution in [1.82, 2.24) is 4.98 Å². The van der Waals surface area contributed by atoms with E-state index in [0.29, 0.717) is 0 Å². The number of hydrogen-bond acceptors (Lipinski definition) is 5. The first-order chi connectivity index (χ1) is 18.2. The van der Waals surface area contributed by atoms with E-state index in [1.807, 2.05) is 12.1 Å². The van der Waals surface area contributed by atoms with E-state index in [-0.39, 0.29) is 5.75 Å². The zero-order valence-corrected chi connectivity index (χ0v) is 20.7. The van der Waals surface area contributed by atoms with E-state index in [1.54, 1.807) is 12.1 Å². The molecule has 5 nitrogen and oxygen atoms in total. The van der Waals surface area contributed by atoms with E-state index in [2.05, 4.69) is 58.4 Å². The number of fused-ring (bicyclic) bond motifs is 6. The number of anilines is 3. The van der Waals surface area contributed by atoms with Crippen LogP contribution in [0.2, 0.25) is 0 Å². The predicted octanol–water partition coefficient (Wildman–Crippen LogP) is 6.73. The molecule has 0 spiro atoms. The Morgan fingerprint density at radius 1 is 0.919 bits per heavy atom. The molecule has 1 aromatic heterocycles. The van der Waals surface area contributed by atoms with Crippen molar-refractivity contribution >= 4 is 34.0 Å². The van der Waals surface area contributed by atoms with Gasteiger partial charge in [-0.15, -0.1) is 0 Å². The van der Waals surface area contributed by atoms with Crippen LogP contribution in [0.15, 0.2) is 60.7 Å². The van der Waals surface area contributed by atoms with Gasteiger partial charge in [-0.1, -0.05) is 30.4 Å². The van der Waals surface area contributed by atoms with Gasteiger partial charge in [-0.3, -0.25) is 0 Å². The maximum Gasteiger partial charge on any atom is 0.115 e. The van der Waals surface area contributed by atoms with Crippen molar-refractivity contribution in [3.05, 3.63) is 83.1 Å². The van der Waals surface area contributed by atoms with Crippen LogP contribution in [0.3, 0.4) is 0 Å². The standard InChI is InChI=1S/C32H28N4O/c33-20-27-29(35-16-2-1-3-17-35)15-9-21-8-14-28-26(30(21)27)19-23-7-6-22-5-4-18-36(32(22)31(23)34-28)24-10-12-25(37)13-11-24/h4-7,9-13,15,19,37H,1-3,8,14,16-18H2. The van der Waals surface area contributed by atoms with Crippen LogP contribution in [0, 0.1) is 11.3 Å². The van der Waals surface area contributed by atoms with E-state index in [4.69, 9.17) is 4.98 Å². The van der Waals surface area contributed by atoms with Gasteiger partial charge >= 0.3 is 0 Å². The highest BCUT2D eigenvalue weighted by Crippen LogP contribution is 2.44. The van der Waals surface area contributed by atoms with Crippen molar-refractivity contribution in [3.8, 4) is 22.9 Å². The van der Waals surface area contributed by atoms with Crippen molar-refractivity contribution in [1.29, 1.82) is 5.26 Å². The molecule has 5 heteroatoms. The fourth-order valence-electron chi connectivity index (χ4n) is 6.26. The van der Waals surface area contributed by atoms with Crippen LogP contribution >= 0.6 is 0 Å². The number of piperidine rings is 1.